The van der Waals surface area contributed by atoms with Crippen molar-refractivity contribution in [1.82, 2.24) is 10.2 Å². The predicted octanol–water partition coefficient (Wildman–Crippen LogP) is 14.2. The molecule has 3 aliphatic rings. The molecule has 0 bridgehead atoms. The molecular formula is C80H92B2N5O6+. The summed E-state index contributed by atoms with van der Waals surface area (Å²) in [7, 11) is -3.30. The minimum absolute atomic E-state index is 0. The number of nitrogens with zero attached hydrogens (tertiary/aromatic N) is 4. The lowest BCUT2D eigenvalue weighted by atomic mass is 9.77. The number of allylic oxidation sites excluding steroid dienone is 7. The molecule has 0 atom stereocenters. The summed E-state index contributed by atoms with van der Waals surface area (Å²) in [6.07, 6.45) is 14.8. The molecule has 0 unspecified atom stereocenters. The number of fused-ring (bicyclic) bond motifs is 4. The van der Waals surface area contributed by atoms with Crippen molar-refractivity contribution >= 4 is 75.4 Å². The van der Waals surface area contributed by atoms with Gasteiger partial charge in [0.2, 0.25) is 11.6 Å². The molecule has 1 aliphatic carbocycles. The van der Waals surface area contributed by atoms with Gasteiger partial charge in [-0.15, -0.1) is 0 Å². The first kappa shape index (κ1) is 67.3. The summed E-state index contributed by atoms with van der Waals surface area (Å²) in [5.74, 6) is 1.42. The highest BCUT2D eigenvalue weighted by atomic mass is 16.5. The van der Waals surface area contributed by atoms with Crippen molar-refractivity contribution in [3.05, 3.63) is 262 Å². The van der Waals surface area contributed by atoms with E-state index < -0.39 is 14.2 Å². The second-order valence-electron chi connectivity index (χ2n) is 26.0. The molecule has 0 saturated heterocycles. The standard InChI is InChI=1S/C79H87B2N5O6.CH4/c1-9-48-85-72-37-21-17-33-68(72)78(5,6)74(85)45-39-56-27-23-28-57(40-46-75-79(7,8)69-34-18-22-38-73(69)86(75)49-10-2)76(56)92-61-43-41-60(42-44-61)84(52-59-26-12-20-36-71(59)81(90)91)54-67-64-31-15-13-29-62(64)66(63-30-14-16-32-65(63)67)53-83(50-24-47-82-77(87)55(3)4)51-58-25-11-19-35-70(58)80(88)89;/h11-22,25-26,29-46,88-91H,3,9-10,23-24,27-28,47-54H2,1-2,4-8H3;1H4/p+1. The zero-order valence-electron chi connectivity index (χ0n) is 54.6. The SMILES string of the molecule is C.C=C(C)C(=O)NCCCN(Cc1ccccc1B(O)O)Cc1c2ccccc2c(CN(Cc2ccccc2B(O)O)c2ccc(OC3=C(/C=C/C4=[N+](CCC)c5ccccc5C4(C)C)CCC/C3=C\C=C3\N(CCC)c4ccccc4C3(C)C)cc2)c2ccccc12. The Hall–Kier alpha value is -8.55. The van der Waals surface area contributed by atoms with Gasteiger partial charge in [-0.3, -0.25) is 9.69 Å². The highest BCUT2D eigenvalue weighted by molar-refractivity contribution is 6.59. The van der Waals surface area contributed by atoms with Gasteiger partial charge >= 0.3 is 14.2 Å². The highest BCUT2D eigenvalue weighted by Gasteiger charge is 2.44. The van der Waals surface area contributed by atoms with Crippen molar-refractivity contribution in [2.45, 2.75) is 131 Å². The van der Waals surface area contributed by atoms with Gasteiger partial charge in [-0.05, 0) is 167 Å². The minimum atomic E-state index is -1.67. The van der Waals surface area contributed by atoms with Crippen molar-refractivity contribution in [2.75, 3.05) is 36.0 Å². The summed E-state index contributed by atoms with van der Waals surface area (Å²) < 4.78 is 9.84. The van der Waals surface area contributed by atoms with E-state index in [0.29, 0.717) is 62.2 Å². The molecule has 8 aromatic carbocycles. The van der Waals surface area contributed by atoms with E-state index in [-0.39, 0.29) is 24.2 Å². The van der Waals surface area contributed by atoms with Crippen LogP contribution in [0.15, 0.2) is 229 Å². The van der Waals surface area contributed by atoms with Gasteiger partial charge in [-0.25, -0.2) is 0 Å². The van der Waals surface area contributed by atoms with E-state index in [1.165, 1.54) is 33.9 Å². The van der Waals surface area contributed by atoms with Crippen molar-refractivity contribution in [1.29, 1.82) is 0 Å². The van der Waals surface area contributed by atoms with Crippen LogP contribution in [-0.2, 0) is 41.8 Å². The Morgan fingerprint density at radius 1 is 0.656 bits per heavy atom. The van der Waals surface area contributed by atoms with Crippen LogP contribution in [0.3, 0.4) is 0 Å². The fourth-order valence-electron chi connectivity index (χ4n) is 14.2. The van der Waals surface area contributed by atoms with Crippen molar-refractivity contribution < 1.29 is 34.2 Å². The number of carbonyl (C=O) groups is 1. The number of ether oxygens (including phenoxy) is 1. The van der Waals surface area contributed by atoms with Gasteiger partial charge in [-0.1, -0.05) is 181 Å². The lowest BCUT2D eigenvalue weighted by molar-refractivity contribution is -0.437. The lowest BCUT2D eigenvalue weighted by Gasteiger charge is -2.30. The molecule has 0 spiro atoms. The Kier molecular flexibility index (Phi) is 21.4. The normalized spacial score (nSPS) is 15.8. The van der Waals surface area contributed by atoms with Gasteiger partial charge < -0.3 is 39.9 Å². The zero-order valence-corrected chi connectivity index (χ0v) is 54.6. The number of hydrogen-bond donors (Lipinski definition) is 5. The number of benzene rings is 8. The second kappa shape index (κ2) is 29.6. The topological polar surface area (TPSA) is 132 Å². The van der Waals surface area contributed by atoms with E-state index in [1.807, 2.05) is 36.4 Å². The number of anilines is 2. The molecule has 8 aromatic rings. The molecule has 0 saturated carbocycles. The minimum Gasteiger partial charge on any atom is -0.457 e. The Balaban J connectivity index is 0.00000946. The monoisotopic (exact) mass is 1240 g/mol. The summed E-state index contributed by atoms with van der Waals surface area (Å²) in [4.78, 5) is 19.7. The molecule has 5 N–H and O–H groups in total. The van der Waals surface area contributed by atoms with E-state index in [1.54, 1.807) is 19.1 Å². The fourth-order valence-corrected chi connectivity index (χ4v) is 14.2. The molecule has 13 heteroatoms. The van der Waals surface area contributed by atoms with Crippen molar-refractivity contribution in [3.8, 4) is 5.75 Å². The van der Waals surface area contributed by atoms with Crippen molar-refractivity contribution in [2.24, 2.45) is 0 Å². The molecule has 0 radical (unpaired) electrons. The molecule has 11 nitrogen and oxygen atoms in total. The smallest absolute Gasteiger partial charge is 0.457 e. The van der Waals surface area contributed by atoms with Crippen LogP contribution in [0.2, 0.25) is 0 Å². The first-order valence-corrected chi connectivity index (χ1v) is 32.9. The van der Waals surface area contributed by atoms with Crippen LogP contribution in [0.4, 0.5) is 17.1 Å². The molecule has 0 aromatic heterocycles. The van der Waals surface area contributed by atoms with E-state index in [9.17, 15) is 24.9 Å². The molecule has 2 aliphatic heterocycles. The van der Waals surface area contributed by atoms with Gasteiger partial charge in [0, 0.05) is 98.0 Å². The summed E-state index contributed by atoms with van der Waals surface area (Å²) in [5, 5.41) is 49.9. The van der Waals surface area contributed by atoms with Crippen molar-refractivity contribution in [3.63, 3.8) is 0 Å². The molecule has 93 heavy (non-hydrogen) atoms. The number of para-hydroxylation sites is 2. The van der Waals surface area contributed by atoms with Crippen LogP contribution in [0.5, 0.6) is 5.75 Å². The van der Waals surface area contributed by atoms with Gasteiger partial charge in [0.05, 0.1) is 5.41 Å². The van der Waals surface area contributed by atoms with Crippen LogP contribution in [0.1, 0.15) is 128 Å². The van der Waals surface area contributed by atoms with E-state index in [4.69, 9.17) is 4.74 Å². The summed E-state index contributed by atoms with van der Waals surface area (Å²) in [5.41, 5.74) is 15.9. The quantitative estimate of drug-likeness (QED) is 0.0125. The average Bonchev–Trinajstić information content (AvgIpc) is 1.74. The maximum atomic E-state index is 12.6. The molecule has 1 amide bonds. The van der Waals surface area contributed by atoms with Gasteiger partial charge in [0.1, 0.15) is 18.1 Å². The maximum Gasteiger partial charge on any atom is 0.488 e. The third-order valence-corrected chi connectivity index (χ3v) is 18.9. The largest absolute Gasteiger partial charge is 0.488 e. The molecule has 11 rings (SSSR count). The summed E-state index contributed by atoms with van der Waals surface area (Å²) in [6.45, 7) is 24.1. The molecule has 478 valence electrons. The van der Waals surface area contributed by atoms with Crippen LogP contribution in [-0.4, -0.2) is 81.6 Å². The average molecular weight is 1240 g/mol. The summed E-state index contributed by atoms with van der Waals surface area (Å²) in [6, 6.07) is 58.2. The van der Waals surface area contributed by atoms with E-state index in [0.717, 1.165) is 117 Å². The predicted molar refractivity (Wildman–Crippen MR) is 387 cm³/mol. The van der Waals surface area contributed by atoms with Gasteiger partial charge in [0.25, 0.3) is 0 Å². The Morgan fingerprint density at radius 3 is 1.84 bits per heavy atom. The Labute approximate surface area is 552 Å². The summed E-state index contributed by atoms with van der Waals surface area (Å²) >= 11 is 0. The third kappa shape index (κ3) is 14.3. The Bertz CT molecular complexity index is 4140. The van der Waals surface area contributed by atoms with E-state index >= 15 is 0 Å². The number of carbonyl (C=O) groups excluding carboxylic acids is 1. The first-order chi connectivity index (χ1) is 44.5. The number of rotatable bonds is 25. The van der Waals surface area contributed by atoms with Crippen LogP contribution >= 0.6 is 0 Å². The third-order valence-electron chi connectivity index (χ3n) is 18.9. The van der Waals surface area contributed by atoms with Crippen LogP contribution in [0, 0.1) is 0 Å². The van der Waals surface area contributed by atoms with Crippen LogP contribution < -0.4 is 30.8 Å². The Morgan fingerprint density at radius 2 is 1.23 bits per heavy atom. The lowest BCUT2D eigenvalue weighted by Crippen LogP contribution is -2.36. The molecule has 0 fully saturated rings. The van der Waals surface area contributed by atoms with E-state index in [2.05, 4.69) is 218 Å². The van der Waals surface area contributed by atoms with Crippen LogP contribution in [0.25, 0.3) is 21.5 Å². The number of amides is 1. The second-order valence-corrected chi connectivity index (χ2v) is 26.0. The molecular weight excluding hydrogens is 1150 g/mol. The van der Waals surface area contributed by atoms with Gasteiger partial charge in [-0.2, -0.15) is 4.58 Å². The molecule has 2 heterocycles. The van der Waals surface area contributed by atoms with Gasteiger partial charge in [0.15, 0.2) is 5.71 Å². The maximum absolute atomic E-state index is 12.6. The first-order valence-electron chi connectivity index (χ1n) is 32.9. The fraction of sp³-hybridized carbons (Fsp3) is 0.300. The number of nitrogens with one attached hydrogen (secondary N) is 1. The highest BCUT2D eigenvalue weighted by Crippen LogP contribution is 2.48. The zero-order chi connectivity index (χ0) is 64.7. The number of hydrogen-bond acceptors (Lipinski definition) is 9.